The van der Waals surface area contributed by atoms with E-state index in [1.165, 1.54) is 12.7 Å². The van der Waals surface area contributed by atoms with Gasteiger partial charge in [-0.05, 0) is 49.1 Å². The summed E-state index contributed by atoms with van der Waals surface area (Å²) in [5.41, 5.74) is 2.53. The van der Waals surface area contributed by atoms with E-state index in [4.69, 9.17) is 4.74 Å². The summed E-state index contributed by atoms with van der Waals surface area (Å²) in [6.45, 7) is 4.12. The first kappa shape index (κ1) is 25.3. The van der Waals surface area contributed by atoms with Gasteiger partial charge in [0.2, 0.25) is 5.91 Å². The number of anilines is 1. The number of aryl methyl sites for hydroxylation is 1. The van der Waals surface area contributed by atoms with Gasteiger partial charge in [0.25, 0.3) is 10.0 Å². The molecule has 0 aliphatic rings. The fourth-order valence-electron chi connectivity index (χ4n) is 3.67. The van der Waals surface area contributed by atoms with Crippen molar-refractivity contribution in [3.8, 4) is 5.75 Å². The first-order chi connectivity index (χ1) is 16.3. The molecule has 1 amide bonds. The van der Waals surface area contributed by atoms with Gasteiger partial charge in [0.1, 0.15) is 12.3 Å². The number of methoxy groups -OCH3 is 1. The summed E-state index contributed by atoms with van der Waals surface area (Å²) in [5, 5.41) is 2.94. The summed E-state index contributed by atoms with van der Waals surface area (Å²) in [5.74, 6) is 0.409. The average molecular weight is 481 g/mol. The molecular weight excluding hydrogens is 448 g/mol. The molecular formula is C27H32N2O4S. The lowest BCUT2D eigenvalue weighted by Crippen LogP contribution is -2.42. The first-order valence-electron chi connectivity index (χ1n) is 11.4. The molecule has 0 heterocycles. The monoisotopic (exact) mass is 480 g/mol. The largest absolute Gasteiger partial charge is 0.497 e. The van der Waals surface area contributed by atoms with E-state index in [0.29, 0.717) is 18.0 Å². The Bertz CT molecular complexity index is 1180. The summed E-state index contributed by atoms with van der Waals surface area (Å²) in [7, 11) is -2.45. The van der Waals surface area contributed by atoms with E-state index in [1.807, 2.05) is 25.1 Å². The zero-order chi connectivity index (χ0) is 24.6. The Morgan fingerprint density at radius 3 is 2.35 bits per heavy atom. The van der Waals surface area contributed by atoms with E-state index in [2.05, 4.69) is 24.4 Å². The highest BCUT2D eigenvalue weighted by Gasteiger charge is 2.27. The molecule has 34 heavy (non-hydrogen) atoms. The zero-order valence-electron chi connectivity index (χ0n) is 19.9. The lowest BCUT2D eigenvalue weighted by atomic mass is 9.97. The Morgan fingerprint density at radius 2 is 1.71 bits per heavy atom. The minimum absolute atomic E-state index is 0.129. The van der Waals surface area contributed by atoms with Gasteiger partial charge in [0.05, 0.1) is 17.7 Å². The van der Waals surface area contributed by atoms with Crippen LogP contribution >= 0.6 is 0 Å². The van der Waals surface area contributed by atoms with Crippen molar-refractivity contribution >= 4 is 21.6 Å². The molecule has 3 rings (SSSR count). The van der Waals surface area contributed by atoms with Crippen molar-refractivity contribution in [3.63, 3.8) is 0 Å². The lowest BCUT2D eigenvalue weighted by Gasteiger charge is -2.25. The second kappa shape index (κ2) is 11.7. The van der Waals surface area contributed by atoms with Gasteiger partial charge in [-0.1, -0.05) is 67.4 Å². The smallest absolute Gasteiger partial charge is 0.264 e. The van der Waals surface area contributed by atoms with Crippen molar-refractivity contribution in [3.05, 3.63) is 90.0 Å². The second-order valence-corrected chi connectivity index (χ2v) is 10.2. The number of benzene rings is 3. The number of ether oxygens (including phenoxy) is 1. The number of amides is 1. The second-order valence-electron chi connectivity index (χ2n) is 8.29. The lowest BCUT2D eigenvalue weighted by molar-refractivity contribution is -0.119. The molecule has 180 valence electrons. The van der Waals surface area contributed by atoms with Crippen LogP contribution in [0.15, 0.2) is 83.8 Å². The van der Waals surface area contributed by atoms with Crippen molar-refractivity contribution in [2.24, 2.45) is 5.92 Å². The molecule has 0 saturated heterocycles. The third kappa shape index (κ3) is 6.60. The van der Waals surface area contributed by atoms with Crippen molar-refractivity contribution in [1.29, 1.82) is 0 Å². The third-order valence-electron chi connectivity index (χ3n) is 5.77. The van der Waals surface area contributed by atoms with Crippen LogP contribution in [0.5, 0.6) is 5.75 Å². The van der Waals surface area contributed by atoms with E-state index < -0.39 is 10.0 Å². The number of hydrogen-bond acceptors (Lipinski definition) is 4. The van der Waals surface area contributed by atoms with E-state index in [1.54, 1.807) is 48.5 Å². The molecule has 0 bridgehead atoms. The molecule has 1 unspecified atom stereocenters. The standard InChI is InChI=1S/C27H32N2O4S/c1-4-22(17-23-9-6-5-7-10-23)19-28-27(30)20-29(24-11-8-12-25(18-24)33-3)34(31,32)26-15-13-21(2)14-16-26/h5-16,18,22H,4,17,19-20H2,1-3H3,(H,28,30). The number of nitrogens with one attached hydrogen (secondary N) is 1. The maximum absolute atomic E-state index is 13.5. The van der Waals surface area contributed by atoms with Crippen LogP contribution in [-0.2, 0) is 21.2 Å². The minimum Gasteiger partial charge on any atom is -0.497 e. The van der Waals surface area contributed by atoms with Crippen molar-refractivity contribution in [2.75, 3.05) is 24.5 Å². The molecule has 0 aromatic heterocycles. The van der Waals surface area contributed by atoms with Crippen molar-refractivity contribution in [2.45, 2.75) is 31.6 Å². The minimum atomic E-state index is -3.97. The highest BCUT2D eigenvalue weighted by atomic mass is 32.2. The van der Waals surface area contributed by atoms with Gasteiger partial charge in [-0.15, -0.1) is 0 Å². The van der Waals surface area contributed by atoms with Gasteiger partial charge in [-0.3, -0.25) is 9.10 Å². The SMILES string of the molecule is CCC(CNC(=O)CN(c1cccc(OC)c1)S(=O)(=O)c1ccc(C)cc1)Cc1ccccc1. The van der Waals surface area contributed by atoms with Gasteiger partial charge in [0.15, 0.2) is 0 Å². The van der Waals surface area contributed by atoms with Crippen LogP contribution in [-0.4, -0.2) is 34.5 Å². The van der Waals surface area contributed by atoms with Crippen molar-refractivity contribution in [1.82, 2.24) is 5.32 Å². The van der Waals surface area contributed by atoms with Crippen molar-refractivity contribution < 1.29 is 17.9 Å². The number of sulfonamides is 1. The quantitative estimate of drug-likeness (QED) is 0.436. The Balaban J connectivity index is 1.79. The number of carbonyl (C=O) groups is 1. The maximum atomic E-state index is 13.5. The molecule has 0 radical (unpaired) electrons. The topological polar surface area (TPSA) is 75.7 Å². The van der Waals surface area contributed by atoms with Crippen LogP contribution in [0.25, 0.3) is 0 Å². The molecule has 1 N–H and O–H groups in total. The van der Waals surface area contributed by atoms with Crippen LogP contribution in [0, 0.1) is 12.8 Å². The highest BCUT2D eigenvalue weighted by molar-refractivity contribution is 7.92. The van der Waals surface area contributed by atoms with E-state index in [-0.39, 0.29) is 23.3 Å². The van der Waals surface area contributed by atoms with Gasteiger partial charge in [-0.25, -0.2) is 8.42 Å². The molecule has 1 atom stereocenters. The summed E-state index contributed by atoms with van der Waals surface area (Å²) >= 11 is 0. The Labute approximate surface area is 202 Å². The molecule has 0 aliphatic carbocycles. The van der Waals surface area contributed by atoms with Gasteiger partial charge in [0, 0.05) is 12.6 Å². The van der Waals surface area contributed by atoms with E-state index in [9.17, 15) is 13.2 Å². The Hall–Kier alpha value is -3.32. The Kier molecular flexibility index (Phi) is 8.71. The predicted octanol–water partition coefficient (Wildman–Crippen LogP) is 4.58. The van der Waals surface area contributed by atoms with E-state index in [0.717, 1.165) is 22.7 Å². The summed E-state index contributed by atoms with van der Waals surface area (Å²) in [6, 6.07) is 23.4. The molecule has 0 aliphatic heterocycles. The van der Waals surface area contributed by atoms with Crippen LogP contribution in [0.2, 0.25) is 0 Å². The fraction of sp³-hybridized carbons (Fsp3) is 0.296. The molecule has 0 saturated carbocycles. The van der Waals surface area contributed by atoms with Crippen LogP contribution < -0.4 is 14.4 Å². The number of nitrogens with zero attached hydrogens (tertiary/aromatic N) is 1. The third-order valence-corrected chi connectivity index (χ3v) is 7.56. The number of hydrogen-bond donors (Lipinski definition) is 1. The van der Waals surface area contributed by atoms with Gasteiger partial charge in [-0.2, -0.15) is 0 Å². The molecule has 6 nitrogen and oxygen atoms in total. The van der Waals surface area contributed by atoms with Crippen LogP contribution in [0.4, 0.5) is 5.69 Å². The molecule has 0 spiro atoms. The molecule has 0 fully saturated rings. The fourth-order valence-corrected chi connectivity index (χ4v) is 5.08. The van der Waals surface area contributed by atoms with Gasteiger partial charge < -0.3 is 10.1 Å². The number of rotatable bonds is 11. The molecule has 3 aromatic carbocycles. The summed E-state index contributed by atoms with van der Waals surface area (Å²) in [4.78, 5) is 13.1. The number of carbonyl (C=O) groups excluding carboxylic acids is 1. The Morgan fingerprint density at radius 1 is 1.00 bits per heavy atom. The first-order valence-corrected chi connectivity index (χ1v) is 12.8. The van der Waals surface area contributed by atoms with Crippen LogP contribution in [0.1, 0.15) is 24.5 Å². The van der Waals surface area contributed by atoms with Gasteiger partial charge >= 0.3 is 0 Å². The van der Waals surface area contributed by atoms with Crippen LogP contribution in [0.3, 0.4) is 0 Å². The normalized spacial score (nSPS) is 12.1. The summed E-state index contributed by atoms with van der Waals surface area (Å²) in [6.07, 6.45) is 1.75. The average Bonchev–Trinajstić information content (AvgIpc) is 2.85. The van der Waals surface area contributed by atoms with E-state index >= 15 is 0 Å². The predicted molar refractivity (Wildman–Crippen MR) is 136 cm³/mol. The molecule has 7 heteroatoms. The summed E-state index contributed by atoms with van der Waals surface area (Å²) < 4.78 is 33.4. The highest BCUT2D eigenvalue weighted by Crippen LogP contribution is 2.27. The maximum Gasteiger partial charge on any atom is 0.264 e. The molecule has 3 aromatic rings. The zero-order valence-corrected chi connectivity index (χ0v) is 20.7.